The third-order valence-electron chi connectivity index (χ3n) is 7.13. The van der Waals surface area contributed by atoms with E-state index < -0.39 is 17.1 Å². The number of carbonyl (C=O) groups excluding carboxylic acids is 3. The summed E-state index contributed by atoms with van der Waals surface area (Å²) in [7, 11) is 0. The quantitative estimate of drug-likeness (QED) is 0.633. The standard InChI is InChI=1S/C27H31ClN4O5/c1-26(2,3)37-25(35)32-22(33)7-4-17-14-19(16-29-23(17)32)36-13-12-31-10-8-27(9-11-31)20-15-18(28)5-6-21(20)30-24(27)34/h5-6,14-16H,4,7-13H2,1-3H3,(H,30,34). The highest BCUT2D eigenvalue weighted by atomic mass is 35.5. The lowest BCUT2D eigenvalue weighted by Gasteiger charge is -2.38. The van der Waals surface area contributed by atoms with Gasteiger partial charge in [0.2, 0.25) is 11.8 Å². The maximum atomic E-state index is 12.8. The van der Waals surface area contributed by atoms with Gasteiger partial charge in [-0.25, -0.2) is 9.78 Å². The van der Waals surface area contributed by atoms with Crippen LogP contribution in [0.2, 0.25) is 5.02 Å². The molecule has 4 heterocycles. The molecule has 3 aliphatic heterocycles. The van der Waals surface area contributed by atoms with E-state index in [0.29, 0.717) is 36.2 Å². The van der Waals surface area contributed by atoms with Crippen molar-refractivity contribution < 1.29 is 23.9 Å². The lowest BCUT2D eigenvalue weighted by molar-refractivity contribution is -0.122. The molecule has 0 atom stereocenters. The van der Waals surface area contributed by atoms with Crippen LogP contribution in [0.1, 0.15) is 51.2 Å². The lowest BCUT2D eigenvalue weighted by atomic mass is 9.73. The number of likely N-dealkylation sites (tertiary alicyclic amines) is 1. The van der Waals surface area contributed by atoms with Crippen molar-refractivity contribution in [3.05, 3.63) is 46.6 Å². The Morgan fingerprint density at radius 2 is 1.92 bits per heavy atom. The molecule has 1 aromatic heterocycles. The van der Waals surface area contributed by atoms with Crippen LogP contribution in [0.3, 0.4) is 0 Å². The smallest absolute Gasteiger partial charge is 0.423 e. The minimum atomic E-state index is -0.719. The highest BCUT2D eigenvalue weighted by Crippen LogP contribution is 2.45. The van der Waals surface area contributed by atoms with E-state index in [2.05, 4.69) is 15.2 Å². The zero-order valence-electron chi connectivity index (χ0n) is 21.3. The molecule has 1 aromatic carbocycles. The van der Waals surface area contributed by atoms with Crippen molar-refractivity contribution in [3.63, 3.8) is 0 Å². The molecule has 0 radical (unpaired) electrons. The van der Waals surface area contributed by atoms with Gasteiger partial charge in [-0.3, -0.25) is 14.5 Å². The van der Waals surface area contributed by atoms with Crippen LogP contribution >= 0.6 is 11.6 Å². The van der Waals surface area contributed by atoms with Crippen molar-refractivity contribution in [1.29, 1.82) is 0 Å². The van der Waals surface area contributed by atoms with Gasteiger partial charge in [0.1, 0.15) is 23.8 Å². The molecule has 2 aromatic rings. The van der Waals surface area contributed by atoms with Crippen LogP contribution in [0.15, 0.2) is 30.5 Å². The highest BCUT2D eigenvalue weighted by Gasteiger charge is 2.48. The molecular weight excluding hydrogens is 496 g/mol. The van der Waals surface area contributed by atoms with Crippen LogP contribution in [0.4, 0.5) is 16.3 Å². The molecule has 1 N–H and O–H groups in total. The maximum Gasteiger partial charge on any atom is 0.423 e. The fourth-order valence-corrected chi connectivity index (χ4v) is 5.42. The van der Waals surface area contributed by atoms with Gasteiger partial charge in [0.25, 0.3) is 0 Å². The van der Waals surface area contributed by atoms with Gasteiger partial charge >= 0.3 is 6.09 Å². The minimum Gasteiger partial charge on any atom is -0.491 e. The number of halogens is 1. The summed E-state index contributed by atoms with van der Waals surface area (Å²) in [6.45, 7) is 7.98. The Bertz CT molecular complexity index is 1250. The van der Waals surface area contributed by atoms with Crippen molar-refractivity contribution >= 4 is 41.0 Å². The fourth-order valence-electron chi connectivity index (χ4n) is 5.25. The van der Waals surface area contributed by atoms with Crippen molar-refractivity contribution in [2.75, 3.05) is 36.5 Å². The van der Waals surface area contributed by atoms with E-state index in [1.54, 1.807) is 26.8 Å². The van der Waals surface area contributed by atoms with Crippen LogP contribution in [-0.2, 0) is 26.2 Å². The second kappa shape index (κ2) is 9.61. The number of piperidine rings is 1. The van der Waals surface area contributed by atoms with Gasteiger partial charge in [-0.1, -0.05) is 11.6 Å². The largest absolute Gasteiger partial charge is 0.491 e. The summed E-state index contributed by atoms with van der Waals surface area (Å²) in [4.78, 5) is 45.5. The Kier molecular flexibility index (Phi) is 6.62. The molecule has 3 aliphatic rings. The molecule has 37 heavy (non-hydrogen) atoms. The summed E-state index contributed by atoms with van der Waals surface area (Å²) in [5.41, 5.74) is 1.40. The van der Waals surface area contributed by atoms with Crippen LogP contribution in [-0.4, -0.2) is 59.6 Å². The monoisotopic (exact) mass is 526 g/mol. The van der Waals surface area contributed by atoms with Gasteiger partial charge in [-0.2, -0.15) is 4.90 Å². The number of aryl methyl sites for hydroxylation is 1. The van der Waals surface area contributed by atoms with E-state index in [9.17, 15) is 14.4 Å². The number of imide groups is 1. The second-order valence-electron chi connectivity index (χ2n) is 10.8. The van der Waals surface area contributed by atoms with Crippen LogP contribution in [0.5, 0.6) is 5.75 Å². The number of nitrogens with one attached hydrogen (secondary N) is 1. The Balaban J connectivity index is 1.17. The number of anilines is 2. The first-order valence-electron chi connectivity index (χ1n) is 12.6. The Labute approximate surface area is 221 Å². The van der Waals surface area contributed by atoms with E-state index in [1.165, 1.54) is 6.20 Å². The number of nitrogens with zero attached hydrogens (tertiary/aromatic N) is 3. The van der Waals surface area contributed by atoms with Crippen molar-refractivity contribution in [2.45, 2.75) is 57.5 Å². The number of rotatable bonds is 4. The van der Waals surface area contributed by atoms with Gasteiger partial charge in [-0.15, -0.1) is 0 Å². The minimum absolute atomic E-state index is 0.0553. The first-order valence-corrected chi connectivity index (χ1v) is 12.9. The lowest BCUT2D eigenvalue weighted by Crippen LogP contribution is -2.47. The first kappa shape index (κ1) is 25.5. The summed E-state index contributed by atoms with van der Waals surface area (Å²) in [6.07, 6.45) is 2.95. The number of pyridine rings is 1. The molecule has 1 saturated heterocycles. The van der Waals surface area contributed by atoms with Gasteiger partial charge in [0, 0.05) is 23.7 Å². The number of carbonyl (C=O) groups is 3. The van der Waals surface area contributed by atoms with Crippen LogP contribution < -0.4 is 15.0 Å². The van der Waals surface area contributed by atoms with Crippen LogP contribution in [0, 0.1) is 0 Å². The second-order valence-corrected chi connectivity index (χ2v) is 11.2. The van der Waals surface area contributed by atoms with E-state index in [-0.39, 0.29) is 18.2 Å². The molecular formula is C27H31ClN4O5. The topological polar surface area (TPSA) is 101 Å². The number of fused-ring (bicyclic) bond motifs is 3. The van der Waals surface area contributed by atoms with Gasteiger partial charge < -0.3 is 14.8 Å². The average Bonchev–Trinajstić information content (AvgIpc) is 3.09. The number of hydrogen-bond donors (Lipinski definition) is 1. The predicted octanol–water partition coefficient (Wildman–Crippen LogP) is 4.31. The molecule has 0 aliphatic carbocycles. The van der Waals surface area contributed by atoms with Gasteiger partial charge in [0.05, 0.1) is 11.6 Å². The predicted molar refractivity (Wildman–Crippen MR) is 139 cm³/mol. The zero-order valence-corrected chi connectivity index (χ0v) is 22.1. The molecule has 5 rings (SSSR count). The molecule has 10 heteroatoms. The average molecular weight is 527 g/mol. The summed E-state index contributed by atoms with van der Waals surface area (Å²) < 4.78 is 11.4. The molecule has 9 nitrogen and oxygen atoms in total. The van der Waals surface area contributed by atoms with Gasteiger partial charge in [0.15, 0.2) is 0 Å². The Morgan fingerprint density at radius 3 is 2.65 bits per heavy atom. The first-order chi connectivity index (χ1) is 17.6. The normalized spacial score (nSPS) is 18.9. The van der Waals surface area contributed by atoms with E-state index >= 15 is 0 Å². The number of ether oxygens (including phenoxy) is 2. The third-order valence-corrected chi connectivity index (χ3v) is 7.36. The molecule has 0 unspecified atom stereocenters. The zero-order chi connectivity index (χ0) is 26.4. The van der Waals surface area contributed by atoms with Gasteiger partial charge in [-0.05, 0) is 88.5 Å². The Morgan fingerprint density at radius 1 is 1.16 bits per heavy atom. The summed E-state index contributed by atoms with van der Waals surface area (Å²) in [6, 6.07) is 7.42. The van der Waals surface area contributed by atoms with E-state index in [1.807, 2.05) is 18.2 Å². The molecule has 1 fully saturated rings. The fraction of sp³-hybridized carbons (Fsp3) is 0.481. The molecule has 3 amide bonds. The summed E-state index contributed by atoms with van der Waals surface area (Å²) >= 11 is 6.22. The third kappa shape index (κ3) is 5.02. The van der Waals surface area contributed by atoms with Crippen molar-refractivity contribution in [2.24, 2.45) is 0 Å². The molecule has 0 bridgehead atoms. The van der Waals surface area contributed by atoms with Crippen molar-refractivity contribution in [3.8, 4) is 5.75 Å². The number of amides is 3. The van der Waals surface area contributed by atoms with Crippen LogP contribution in [0.25, 0.3) is 0 Å². The number of benzene rings is 1. The molecule has 196 valence electrons. The van der Waals surface area contributed by atoms with Crippen molar-refractivity contribution in [1.82, 2.24) is 9.88 Å². The van der Waals surface area contributed by atoms with E-state index in [4.69, 9.17) is 21.1 Å². The van der Waals surface area contributed by atoms with E-state index in [0.717, 1.165) is 47.6 Å². The summed E-state index contributed by atoms with van der Waals surface area (Å²) in [5, 5.41) is 3.65. The molecule has 0 saturated carbocycles. The highest BCUT2D eigenvalue weighted by molar-refractivity contribution is 6.31. The maximum absolute atomic E-state index is 12.8. The Hall–Kier alpha value is -3.17. The summed E-state index contributed by atoms with van der Waals surface area (Å²) in [5.74, 6) is 0.616. The number of aromatic nitrogens is 1. The number of hydrogen-bond acceptors (Lipinski definition) is 7. The SMILES string of the molecule is CC(C)(C)OC(=O)N1C(=O)CCc2cc(OCCN3CCC4(CC3)C(=O)Nc3ccc(Cl)cc34)cnc21. The molecule has 1 spiro atoms.